The van der Waals surface area contributed by atoms with Gasteiger partial charge in [-0.05, 0) is 70.4 Å². The Kier molecular flexibility index (Phi) is 5.86. The van der Waals surface area contributed by atoms with E-state index in [1.54, 1.807) is 0 Å². The average Bonchev–Trinajstić information content (AvgIpc) is 2.41. The maximum Gasteiger partial charge on any atom is 0.0302 e. The number of rotatable bonds is 5. The Morgan fingerprint density at radius 1 is 1.32 bits per heavy atom. The largest absolute Gasteiger partial charge is 0.310 e. The lowest BCUT2D eigenvalue weighted by atomic mass is 9.93. The Morgan fingerprint density at radius 2 is 2.00 bits per heavy atom. The van der Waals surface area contributed by atoms with E-state index in [-0.39, 0.29) is 0 Å². The standard InChI is InChI=1S/C16H25BrN2/c1-13(15-5-3-4-6-16(15)17)18-10-7-14-8-11-19(2)12-9-14/h3-6,13-14,18H,7-12H2,1-2H3. The van der Waals surface area contributed by atoms with Crippen molar-refractivity contribution in [3.8, 4) is 0 Å². The molecule has 1 unspecified atom stereocenters. The maximum absolute atomic E-state index is 3.65. The molecule has 0 bridgehead atoms. The van der Waals surface area contributed by atoms with Crippen LogP contribution in [0.3, 0.4) is 0 Å². The summed E-state index contributed by atoms with van der Waals surface area (Å²) in [6.45, 7) is 5.90. The molecule has 19 heavy (non-hydrogen) atoms. The molecule has 3 heteroatoms. The van der Waals surface area contributed by atoms with Crippen LogP contribution in [-0.4, -0.2) is 31.6 Å². The van der Waals surface area contributed by atoms with Crippen LogP contribution in [0.4, 0.5) is 0 Å². The average molecular weight is 325 g/mol. The van der Waals surface area contributed by atoms with E-state index >= 15 is 0 Å². The Hall–Kier alpha value is -0.380. The molecule has 1 fully saturated rings. The lowest BCUT2D eigenvalue weighted by Gasteiger charge is -2.29. The highest BCUT2D eigenvalue weighted by molar-refractivity contribution is 9.10. The van der Waals surface area contributed by atoms with Gasteiger partial charge in [0.2, 0.25) is 0 Å². The van der Waals surface area contributed by atoms with Gasteiger partial charge in [0.1, 0.15) is 0 Å². The first-order valence-electron chi connectivity index (χ1n) is 7.33. The summed E-state index contributed by atoms with van der Waals surface area (Å²) >= 11 is 3.63. The number of benzene rings is 1. The van der Waals surface area contributed by atoms with Crippen LogP contribution < -0.4 is 5.32 Å². The van der Waals surface area contributed by atoms with Crippen molar-refractivity contribution in [1.82, 2.24) is 10.2 Å². The second-order valence-corrected chi connectivity index (χ2v) is 6.59. The Balaban J connectivity index is 1.72. The number of halogens is 1. The van der Waals surface area contributed by atoms with E-state index in [1.807, 2.05) is 0 Å². The molecule has 0 amide bonds. The van der Waals surface area contributed by atoms with Crippen LogP contribution >= 0.6 is 15.9 Å². The second-order valence-electron chi connectivity index (χ2n) is 5.73. The molecule has 0 saturated carbocycles. The summed E-state index contributed by atoms with van der Waals surface area (Å²) in [6.07, 6.45) is 4.03. The van der Waals surface area contributed by atoms with Crippen LogP contribution in [-0.2, 0) is 0 Å². The fourth-order valence-electron chi connectivity index (χ4n) is 2.79. The predicted octanol–water partition coefficient (Wildman–Crippen LogP) is 3.83. The van der Waals surface area contributed by atoms with Crippen molar-refractivity contribution in [3.63, 3.8) is 0 Å². The van der Waals surface area contributed by atoms with Gasteiger partial charge in [-0.2, -0.15) is 0 Å². The molecule has 0 radical (unpaired) electrons. The number of hydrogen-bond donors (Lipinski definition) is 1. The molecule has 0 aliphatic carbocycles. The third-order valence-electron chi connectivity index (χ3n) is 4.21. The van der Waals surface area contributed by atoms with Gasteiger partial charge in [-0.25, -0.2) is 0 Å². The van der Waals surface area contributed by atoms with Gasteiger partial charge >= 0.3 is 0 Å². The monoisotopic (exact) mass is 324 g/mol. The van der Waals surface area contributed by atoms with Crippen LogP contribution in [0.5, 0.6) is 0 Å². The summed E-state index contributed by atoms with van der Waals surface area (Å²) in [6, 6.07) is 8.90. The molecular weight excluding hydrogens is 300 g/mol. The van der Waals surface area contributed by atoms with Crippen LogP contribution in [0.2, 0.25) is 0 Å². The van der Waals surface area contributed by atoms with Crippen molar-refractivity contribution in [1.29, 1.82) is 0 Å². The van der Waals surface area contributed by atoms with Crippen molar-refractivity contribution in [2.24, 2.45) is 5.92 Å². The molecule has 1 aromatic carbocycles. The number of nitrogens with one attached hydrogen (secondary N) is 1. The van der Waals surface area contributed by atoms with Crippen molar-refractivity contribution >= 4 is 15.9 Å². The molecule has 2 rings (SSSR count). The fraction of sp³-hybridized carbons (Fsp3) is 0.625. The summed E-state index contributed by atoms with van der Waals surface area (Å²) in [5.74, 6) is 0.912. The molecule has 2 nitrogen and oxygen atoms in total. The zero-order valence-corrected chi connectivity index (χ0v) is 13.6. The molecular formula is C16H25BrN2. The van der Waals surface area contributed by atoms with Crippen molar-refractivity contribution in [2.45, 2.75) is 32.2 Å². The summed E-state index contributed by atoms with van der Waals surface area (Å²) in [5, 5.41) is 3.65. The van der Waals surface area contributed by atoms with E-state index in [0.29, 0.717) is 6.04 Å². The summed E-state index contributed by atoms with van der Waals surface area (Å²) in [5.41, 5.74) is 1.35. The Morgan fingerprint density at radius 3 is 2.68 bits per heavy atom. The topological polar surface area (TPSA) is 15.3 Å². The lowest BCUT2D eigenvalue weighted by Crippen LogP contribution is -2.32. The highest BCUT2D eigenvalue weighted by Crippen LogP contribution is 2.23. The van der Waals surface area contributed by atoms with Crippen LogP contribution in [0.15, 0.2) is 28.7 Å². The highest BCUT2D eigenvalue weighted by atomic mass is 79.9. The minimum Gasteiger partial charge on any atom is -0.310 e. The van der Waals surface area contributed by atoms with E-state index in [4.69, 9.17) is 0 Å². The zero-order chi connectivity index (χ0) is 13.7. The summed E-state index contributed by atoms with van der Waals surface area (Å²) in [4.78, 5) is 2.44. The molecule has 106 valence electrons. The van der Waals surface area contributed by atoms with E-state index in [1.165, 1.54) is 42.4 Å². The minimum atomic E-state index is 0.418. The van der Waals surface area contributed by atoms with Crippen molar-refractivity contribution in [2.75, 3.05) is 26.7 Å². The number of hydrogen-bond acceptors (Lipinski definition) is 2. The van der Waals surface area contributed by atoms with E-state index in [2.05, 4.69) is 64.4 Å². The van der Waals surface area contributed by atoms with Crippen LogP contribution in [0.25, 0.3) is 0 Å². The SMILES string of the molecule is CC(NCCC1CCN(C)CC1)c1ccccc1Br. The quantitative estimate of drug-likeness (QED) is 0.885. The van der Waals surface area contributed by atoms with Crippen molar-refractivity contribution in [3.05, 3.63) is 34.3 Å². The number of likely N-dealkylation sites (tertiary alicyclic amines) is 1. The molecule has 1 aliphatic heterocycles. The molecule has 1 saturated heterocycles. The first-order chi connectivity index (χ1) is 9.16. The summed E-state index contributed by atoms with van der Waals surface area (Å²) in [7, 11) is 2.23. The molecule has 1 N–H and O–H groups in total. The van der Waals surface area contributed by atoms with Gasteiger partial charge in [-0.15, -0.1) is 0 Å². The van der Waals surface area contributed by atoms with Gasteiger partial charge < -0.3 is 10.2 Å². The normalized spacial score (nSPS) is 19.5. The Bertz CT molecular complexity index is 386. The van der Waals surface area contributed by atoms with Crippen LogP contribution in [0, 0.1) is 5.92 Å². The highest BCUT2D eigenvalue weighted by Gasteiger charge is 2.16. The fourth-order valence-corrected chi connectivity index (χ4v) is 3.42. The molecule has 1 atom stereocenters. The smallest absolute Gasteiger partial charge is 0.0302 e. The number of nitrogens with zero attached hydrogens (tertiary/aromatic N) is 1. The summed E-state index contributed by atoms with van der Waals surface area (Å²) < 4.78 is 1.20. The van der Waals surface area contributed by atoms with Gasteiger partial charge in [0.05, 0.1) is 0 Å². The first-order valence-corrected chi connectivity index (χ1v) is 8.12. The minimum absolute atomic E-state index is 0.418. The third kappa shape index (κ3) is 4.59. The van der Waals surface area contributed by atoms with Crippen LogP contribution in [0.1, 0.15) is 37.8 Å². The predicted molar refractivity (Wildman–Crippen MR) is 85.4 cm³/mol. The van der Waals surface area contributed by atoms with Gasteiger partial charge in [0.25, 0.3) is 0 Å². The number of piperidine rings is 1. The van der Waals surface area contributed by atoms with Crippen molar-refractivity contribution < 1.29 is 0 Å². The van der Waals surface area contributed by atoms with E-state index < -0.39 is 0 Å². The van der Waals surface area contributed by atoms with Gasteiger partial charge in [-0.1, -0.05) is 34.1 Å². The molecule has 1 heterocycles. The van der Waals surface area contributed by atoms with Gasteiger partial charge in [-0.3, -0.25) is 0 Å². The van der Waals surface area contributed by atoms with Gasteiger partial charge in [0.15, 0.2) is 0 Å². The van der Waals surface area contributed by atoms with Gasteiger partial charge in [0, 0.05) is 10.5 Å². The first kappa shape index (κ1) is 15.0. The molecule has 1 aliphatic rings. The maximum atomic E-state index is 3.65. The lowest BCUT2D eigenvalue weighted by molar-refractivity contribution is 0.211. The zero-order valence-electron chi connectivity index (χ0n) is 12.0. The molecule has 0 spiro atoms. The molecule has 1 aromatic rings. The molecule has 0 aromatic heterocycles. The van der Waals surface area contributed by atoms with E-state index in [9.17, 15) is 0 Å². The van der Waals surface area contributed by atoms with E-state index in [0.717, 1.165) is 12.5 Å². The third-order valence-corrected chi connectivity index (χ3v) is 4.94. The Labute approximate surface area is 125 Å². The second kappa shape index (κ2) is 7.41.